The Bertz CT molecular complexity index is 931. The molecule has 0 spiro atoms. The molecule has 0 saturated heterocycles. The highest BCUT2D eigenvalue weighted by molar-refractivity contribution is 7.97. The number of aryl methyl sites for hydroxylation is 2. The Kier molecular flexibility index (Phi) is 5.13. The number of fused-ring (bicyclic) bond motifs is 1. The molecule has 1 aromatic heterocycles. The first kappa shape index (κ1) is 17.5. The largest absolute Gasteiger partial charge is 0.425 e. The molecule has 1 heterocycles. The molecule has 25 heavy (non-hydrogen) atoms. The molecule has 0 N–H and O–H groups in total. The van der Waals surface area contributed by atoms with Gasteiger partial charge in [0.25, 0.3) is 0 Å². The van der Waals surface area contributed by atoms with Gasteiger partial charge in [-0.3, -0.25) is 0 Å². The molecule has 0 aliphatic carbocycles. The van der Waals surface area contributed by atoms with Crippen molar-refractivity contribution in [3.05, 3.63) is 58.9 Å². The van der Waals surface area contributed by atoms with Gasteiger partial charge in [-0.05, 0) is 55.9 Å². The van der Waals surface area contributed by atoms with Crippen LogP contribution in [0, 0.1) is 20.8 Å². The Labute approximate surface area is 152 Å². The summed E-state index contributed by atoms with van der Waals surface area (Å²) in [5.41, 5.74) is 4.96. The maximum Gasteiger partial charge on any atom is 0.331 e. The first-order valence-electron chi connectivity index (χ1n) is 8.22. The van der Waals surface area contributed by atoms with Crippen molar-refractivity contribution < 1.29 is 9.53 Å². The van der Waals surface area contributed by atoms with Crippen molar-refractivity contribution in [3.63, 3.8) is 0 Å². The van der Waals surface area contributed by atoms with Gasteiger partial charge in [-0.2, -0.15) is 11.8 Å². The Morgan fingerprint density at radius 1 is 1.12 bits per heavy atom. The topological polar surface area (TPSA) is 44.1 Å². The van der Waals surface area contributed by atoms with Crippen LogP contribution in [-0.4, -0.2) is 21.8 Å². The van der Waals surface area contributed by atoms with Crippen LogP contribution in [0.15, 0.2) is 36.4 Å². The highest BCUT2D eigenvalue weighted by Gasteiger charge is 2.16. The third kappa shape index (κ3) is 3.56. The number of benzene rings is 2. The van der Waals surface area contributed by atoms with Crippen molar-refractivity contribution in [3.8, 4) is 5.75 Å². The molecule has 2 aromatic carbocycles. The SMILES string of the molecule is CSCc1nc2ccccc2n1CC(=O)Oc1c(C)ccc(C)c1C. The molecule has 4 nitrogen and oxygen atoms in total. The number of rotatable bonds is 5. The standard InChI is InChI=1S/C20H22N2O2S/c1-13-9-10-14(2)20(15(13)3)24-19(23)11-22-17-8-6-5-7-16(17)21-18(22)12-25-4/h5-10H,11-12H2,1-4H3. The van der Waals surface area contributed by atoms with Crippen LogP contribution in [0.1, 0.15) is 22.5 Å². The smallest absolute Gasteiger partial charge is 0.331 e. The monoisotopic (exact) mass is 354 g/mol. The molecule has 0 radical (unpaired) electrons. The fourth-order valence-corrected chi connectivity index (χ4v) is 3.38. The van der Waals surface area contributed by atoms with Gasteiger partial charge >= 0.3 is 5.97 Å². The molecule has 0 bridgehead atoms. The number of esters is 1. The lowest BCUT2D eigenvalue weighted by atomic mass is 10.1. The minimum Gasteiger partial charge on any atom is -0.425 e. The molecule has 5 heteroatoms. The van der Waals surface area contributed by atoms with Crippen LogP contribution in [0.25, 0.3) is 11.0 Å². The van der Waals surface area contributed by atoms with Gasteiger partial charge in [-0.15, -0.1) is 0 Å². The molecule has 0 unspecified atom stereocenters. The highest BCUT2D eigenvalue weighted by Crippen LogP contribution is 2.26. The predicted octanol–water partition coefficient (Wildman–Crippen LogP) is 4.43. The van der Waals surface area contributed by atoms with Crippen LogP contribution in [-0.2, 0) is 17.1 Å². The van der Waals surface area contributed by atoms with Gasteiger partial charge in [0.1, 0.15) is 18.1 Å². The average molecular weight is 354 g/mol. The molecule has 130 valence electrons. The van der Waals surface area contributed by atoms with Gasteiger partial charge < -0.3 is 9.30 Å². The quantitative estimate of drug-likeness (QED) is 0.502. The second-order valence-electron chi connectivity index (χ2n) is 6.16. The molecular formula is C20H22N2O2S. The zero-order valence-corrected chi connectivity index (χ0v) is 15.8. The van der Waals surface area contributed by atoms with E-state index in [1.54, 1.807) is 11.8 Å². The highest BCUT2D eigenvalue weighted by atomic mass is 32.2. The van der Waals surface area contributed by atoms with E-state index in [-0.39, 0.29) is 12.5 Å². The van der Waals surface area contributed by atoms with Crippen LogP contribution < -0.4 is 4.74 Å². The fourth-order valence-electron chi connectivity index (χ4n) is 2.90. The number of para-hydroxylation sites is 2. The Balaban J connectivity index is 1.90. The summed E-state index contributed by atoms with van der Waals surface area (Å²) in [6, 6.07) is 11.9. The molecule has 0 aliphatic heterocycles. The van der Waals surface area contributed by atoms with E-state index in [9.17, 15) is 4.79 Å². The van der Waals surface area contributed by atoms with Gasteiger partial charge in [0, 0.05) is 0 Å². The number of nitrogens with zero attached hydrogens (tertiary/aromatic N) is 2. The lowest BCUT2D eigenvalue weighted by Gasteiger charge is -2.14. The van der Waals surface area contributed by atoms with Gasteiger partial charge in [0.05, 0.1) is 16.8 Å². The van der Waals surface area contributed by atoms with Crippen molar-refractivity contribution >= 4 is 28.8 Å². The molecule has 0 saturated carbocycles. The van der Waals surface area contributed by atoms with Gasteiger partial charge in [0.2, 0.25) is 0 Å². The van der Waals surface area contributed by atoms with Gasteiger partial charge in [-0.25, -0.2) is 9.78 Å². The molecule has 0 aliphatic rings. The maximum absolute atomic E-state index is 12.6. The van der Waals surface area contributed by atoms with Gasteiger partial charge in [-0.1, -0.05) is 24.3 Å². The summed E-state index contributed by atoms with van der Waals surface area (Å²) >= 11 is 1.69. The molecule has 0 atom stereocenters. The van der Waals surface area contributed by atoms with E-state index in [4.69, 9.17) is 4.74 Å². The van der Waals surface area contributed by atoms with E-state index in [1.165, 1.54) is 0 Å². The number of ether oxygens (including phenoxy) is 1. The van der Waals surface area contributed by atoms with Crippen molar-refractivity contribution in [1.29, 1.82) is 0 Å². The number of carbonyl (C=O) groups excluding carboxylic acids is 1. The molecule has 3 aromatic rings. The molecule has 0 fully saturated rings. The maximum atomic E-state index is 12.6. The normalized spacial score (nSPS) is 11.0. The summed E-state index contributed by atoms with van der Waals surface area (Å²) in [6.45, 7) is 6.12. The van der Waals surface area contributed by atoms with E-state index >= 15 is 0 Å². The zero-order valence-electron chi connectivity index (χ0n) is 15.0. The minimum atomic E-state index is -0.276. The van der Waals surface area contributed by atoms with Crippen molar-refractivity contribution in [1.82, 2.24) is 9.55 Å². The Morgan fingerprint density at radius 2 is 1.84 bits per heavy atom. The Hall–Kier alpha value is -2.27. The van der Waals surface area contributed by atoms with E-state index in [0.29, 0.717) is 5.75 Å². The first-order valence-corrected chi connectivity index (χ1v) is 9.61. The third-order valence-corrected chi connectivity index (χ3v) is 4.93. The van der Waals surface area contributed by atoms with Crippen LogP contribution in [0.5, 0.6) is 5.75 Å². The number of aromatic nitrogens is 2. The zero-order chi connectivity index (χ0) is 18.0. The van der Waals surface area contributed by atoms with Crippen LogP contribution in [0.3, 0.4) is 0 Å². The third-order valence-electron chi connectivity index (χ3n) is 4.38. The lowest BCUT2D eigenvalue weighted by Crippen LogP contribution is -2.19. The summed E-state index contributed by atoms with van der Waals surface area (Å²) in [6.07, 6.45) is 2.03. The fraction of sp³-hybridized carbons (Fsp3) is 0.300. The van der Waals surface area contributed by atoms with Crippen molar-refractivity contribution in [2.24, 2.45) is 0 Å². The van der Waals surface area contributed by atoms with Crippen LogP contribution in [0.2, 0.25) is 0 Å². The number of carbonyl (C=O) groups is 1. The Morgan fingerprint density at radius 3 is 2.60 bits per heavy atom. The summed E-state index contributed by atoms with van der Waals surface area (Å²) in [5, 5.41) is 0. The van der Waals surface area contributed by atoms with Crippen LogP contribution >= 0.6 is 11.8 Å². The lowest BCUT2D eigenvalue weighted by molar-refractivity contribution is -0.135. The van der Waals surface area contributed by atoms with E-state index in [1.807, 2.05) is 68.0 Å². The number of hydrogen-bond donors (Lipinski definition) is 0. The summed E-state index contributed by atoms with van der Waals surface area (Å²) in [7, 11) is 0. The molecular weight excluding hydrogens is 332 g/mol. The number of hydrogen-bond acceptors (Lipinski definition) is 4. The summed E-state index contributed by atoms with van der Waals surface area (Å²) in [4.78, 5) is 17.3. The van der Waals surface area contributed by atoms with E-state index in [0.717, 1.165) is 39.3 Å². The average Bonchev–Trinajstić information content (AvgIpc) is 2.93. The van der Waals surface area contributed by atoms with Crippen molar-refractivity contribution in [2.45, 2.75) is 33.1 Å². The second-order valence-corrected chi connectivity index (χ2v) is 7.03. The predicted molar refractivity (Wildman–Crippen MR) is 103 cm³/mol. The van der Waals surface area contributed by atoms with Crippen molar-refractivity contribution in [2.75, 3.05) is 6.26 Å². The second kappa shape index (κ2) is 7.31. The number of thioether (sulfide) groups is 1. The van der Waals surface area contributed by atoms with E-state index < -0.39 is 0 Å². The summed E-state index contributed by atoms with van der Waals surface area (Å²) < 4.78 is 7.67. The van der Waals surface area contributed by atoms with Gasteiger partial charge in [0.15, 0.2) is 0 Å². The molecule has 3 rings (SSSR count). The molecule has 0 amide bonds. The van der Waals surface area contributed by atoms with E-state index in [2.05, 4.69) is 4.98 Å². The minimum absolute atomic E-state index is 0.156. The first-order chi connectivity index (χ1) is 12.0. The number of imidazole rings is 1. The summed E-state index contributed by atoms with van der Waals surface area (Å²) in [5.74, 6) is 2.04. The van der Waals surface area contributed by atoms with Crippen LogP contribution in [0.4, 0.5) is 0 Å².